The second kappa shape index (κ2) is 6.63. The largest absolute Gasteiger partial charge is 0.465 e. The van der Waals surface area contributed by atoms with Gasteiger partial charge in [0.05, 0.1) is 12.2 Å². The molecule has 0 atom stereocenters. The minimum absolute atomic E-state index is 0.0290. The van der Waals surface area contributed by atoms with Crippen molar-refractivity contribution in [1.29, 1.82) is 0 Å². The number of aryl methyl sites for hydroxylation is 1. The molecule has 3 rings (SSSR count). The highest BCUT2D eigenvalue weighted by Crippen LogP contribution is 2.29. The van der Waals surface area contributed by atoms with Gasteiger partial charge in [-0.05, 0) is 25.8 Å². The van der Waals surface area contributed by atoms with Crippen LogP contribution in [0.5, 0.6) is 0 Å². The van der Waals surface area contributed by atoms with Gasteiger partial charge in [-0.2, -0.15) is 0 Å². The van der Waals surface area contributed by atoms with Crippen molar-refractivity contribution in [2.45, 2.75) is 58.5 Å². The van der Waals surface area contributed by atoms with Crippen LogP contribution in [-0.2, 0) is 12.0 Å². The minimum Gasteiger partial charge on any atom is -0.465 e. The fourth-order valence-corrected chi connectivity index (χ4v) is 3.20. The van der Waals surface area contributed by atoms with Gasteiger partial charge in [-0.1, -0.05) is 26.0 Å². The van der Waals surface area contributed by atoms with Crippen molar-refractivity contribution in [3.63, 3.8) is 0 Å². The highest BCUT2D eigenvalue weighted by Gasteiger charge is 2.25. The molecule has 1 amide bonds. The van der Waals surface area contributed by atoms with E-state index in [1.807, 2.05) is 6.92 Å². The van der Waals surface area contributed by atoms with Crippen LogP contribution in [0.4, 0.5) is 0 Å². The van der Waals surface area contributed by atoms with Crippen molar-refractivity contribution in [3.05, 3.63) is 35.0 Å². The van der Waals surface area contributed by atoms with E-state index in [2.05, 4.69) is 42.0 Å². The fraction of sp³-hybridized carbons (Fsp3) is 0.611. The zero-order valence-electron chi connectivity index (χ0n) is 15.5. The number of amides is 1. The van der Waals surface area contributed by atoms with E-state index in [-0.39, 0.29) is 17.2 Å². The predicted molar refractivity (Wildman–Crippen MR) is 94.2 cm³/mol. The van der Waals surface area contributed by atoms with Gasteiger partial charge in [0, 0.05) is 30.6 Å². The molecule has 1 fully saturated rings. The van der Waals surface area contributed by atoms with E-state index < -0.39 is 5.91 Å². The number of hydrogen-bond acceptors (Lipinski definition) is 5. The highest BCUT2D eigenvalue weighted by atomic mass is 16.3. The van der Waals surface area contributed by atoms with E-state index >= 15 is 0 Å². The molecule has 0 saturated carbocycles. The maximum atomic E-state index is 11.1. The van der Waals surface area contributed by atoms with Gasteiger partial charge in [0.1, 0.15) is 11.5 Å². The Balaban J connectivity index is 1.59. The number of rotatable bonds is 4. The van der Waals surface area contributed by atoms with Crippen molar-refractivity contribution < 1.29 is 9.21 Å². The van der Waals surface area contributed by atoms with Crippen LogP contribution in [0.25, 0.3) is 0 Å². The SMILES string of the molecule is Cc1oc(C(C)(C)C)cc1CN1CCC(n2cc(C(N)=O)nn2)CC1. The Kier molecular flexibility index (Phi) is 4.69. The molecule has 25 heavy (non-hydrogen) atoms. The Labute approximate surface area is 148 Å². The van der Waals surface area contributed by atoms with Gasteiger partial charge >= 0.3 is 0 Å². The number of piperidine rings is 1. The Bertz CT molecular complexity index is 748. The van der Waals surface area contributed by atoms with Crippen LogP contribution in [0, 0.1) is 6.92 Å². The van der Waals surface area contributed by atoms with Gasteiger partial charge in [-0.3, -0.25) is 9.69 Å². The lowest BCUT2D eigenvalue weighted by Gasteiger charge is -2.31. The first-order valence-corrected chi connectivity index (χ1v) is 8.78. The maximum absolute atomic E-state index is 11.1. The molecule has 136 valence electrons. The van der Waals surface area contributed by atoms with Crippen LogP contribution in [0.2, 0.25) is 0 Å². The van der Waals surface area contributed by atoms with Crippen LogP contribution < -0.4 is 5.73 Å². The Morgan fingerprint density at radius 1 is 1.36 bits per heavy atom. The lowest BCUT2D eigenvalue weighted by atomic mass is 9.93. The van der Waals surface area contributed by atoms with Gasteiger partial charge in [-0.15, -0.1) is 5.10 Å². The van der Waals surface area contributed by atoms with Crippen molar-refractivity contribution in [3.8, 4) is 0 Å². The molecule has 0 radical (unpaired) electrons. The molecule has 0 unspecified atom stereocenters. The molecule has 2 aromatic heterocycles. The molecule has 0 bridgehead atoms. The molecule has 2 N–H and O–H groups in total. The third-order valence-electron chi connectivity index (χ3n) is 4.85. The van der Waals surface area contributed by atoms with Crippen LogP contribution in [0.15, 0.2) is 16.7 Å². The standard InChI is InChI=1S/C18H27N5O2/c1-12-13(9-16(25-12)18(2,3)4)10-22-7-5-14(6-8-22)23-11-15(17(19)24)20-21-23/h9,11,14H,5-8,10H2,1-4H3,(H2,19,24). The zero-order valence-corrected chi connectivity index (χ0v) is 15.5. The van der Waals surface area contributed by atoms with Crippen LogP contribution in [0.3, 0.4) is 0 Å². The van der Waals surface area contributed by atoms with Crippen molar-refractivity contribution >= 4 is 5.91 Å². The first-order valence-electron chi connectivity index (χ1n) is 8.78. The minimum atomic E-state index is -0.534. The topological polar surface area (TPSA) is 90.2 Å². The number of hydrogen-bond donors (Lipinski definition) is 1. The number of carbonyl (C=O) groups is 1. The highest BCUT2D eigenvalue weighted by molar-refractivity contribution is 5.90. The summed E-state index contributed by atoms with van der Waals surface area (Å²) in [6, 6.07) is 2.46. The van der Waals surface area contributed by atoms with Gasteiger partial charge in [0.2, 0.25) is 0 Å². The number of furan rings is 1. The number of aromatic nitrogens is 3. The fourth-order valence-electron chi connectivity index (χ4n) is 3.20. The van der Waals surface area contributed by atoms with Gasteiger partial charge < -0.3 is 10.2 Å². The Morgan fingerprint density at radius 3 is 2.56 bits per heavy atom. The van der Waals surface area contributed by atoms with Crippen molar-refractivity contribution in [1.82, 2.24) is 19.9 Å². The Morgan fingerprint density at radius 2 is 2.04 bits per heavy atom. The molecule has 1 aliphatic heterocycles. The molecule has 0 aromatic carbocycles. The van der Waals surface area contributed by atoms with Crippen LogP contribution >= 0.6 is 0 Å². The summed E-state index contributed by atoms with van der Waals surface area (Å²) in [5.74, 6) is 1.51. The maximum Gasteiger partial charge on any atom is 0.270 e. The summed E-state index contributed by atoms with van der Waals surface area (Å²) in [5.41, 5.74) is 6.76. The number of nitrogens with two attached hydrogens (primary N) is 1. The second-order valence-corrected chi connectivity index (χ2v) is 7.90. The summed E-state index contributed by atoms with van der Waals surface area (Å²) < 4.78 is 7.72. The van der Waals surface area contributed by atoms with Crippen molar-refractivity contribution in [2.24, 2.45) is 5.73 Å². The average Bonchev–Trinajstić information content (AvgIpc) is 3.16. The molecule has 1 aliphatic rings. The monoisotopic (exact) mass is 345 g/mol. The first kappa shape index (κ1) is 17.7. The van der Waals surface area contributed by atoms with E-state index in [1.165, 1.54) is 5.56 Å². The smallest absolute Gasteiger partial charge is 0.270 e. The predicted octanol–water partition coefficient (Wildman–Crippen LogP) is 2.41. The first-order chi connectivity index (χ1) is 11.7. The molecular formula is C18H27N5O2. The van der Waals surface area contributed by atoms with Crippen LogP contribution in [0.1, 0.15) is 67.2 Å². The number of primary amides is 1. The van der Waals surface area contributed by atoms with Gasteiger partial charge in [0.25, 0.3) is 5.91 Å². The lowest BCUT2D eigenvalue weighted by Crippen LogP contribution is -2.34. The van der Waals surface area contributed by atoms with Crippen LogP contribution in [-0.4, -0.2) is 38.9 Å². The van der Waals surface area contributed by atoms with E-state index in [1.54, 1.807) is 10.9 Å². The third-order valence-corrected chi connectivity index (χ3v) is 4.85. The number of carbonyl (C=O) groups excluding carboxylic acids is 1. The summed E-state index contributed by atoms with van der Waals surface area (Å²) in [6.45, 7) is 11.4. The average molecular weight is 345 g/mol. The third kappa shape index (κ3) is 3.92. The van der Waals surface area contributed by atoms with Gasteiger partial charge in [0.15, 0.2) is 5.69 Å². The second-order valence-electron chi connectivity index (χ2n) is 7.90. The summed E-state index contributed by atoms with van der Waals surface area (Å²) >= 11 is 0. The normalized spacial score (nSPS) is 17.1. The van der Waals surface area contributed by atoms with E-state index in [9.17, 15) is 4.79 Å². The number of nitrogens with zero attached hydrogens (tertiary/aromatic N) is 4. The molecule has 7 heteroatoms. The van der Waals surface area contributed by atoms with Crippen molar-refractivity contribution in [2.75, 3.05) is 13.1 Å². The molecular weight excluding hydrogens is 318 g/mol. The molecule has 1 saturated heterocycles. The molecule has 7 nitrogen and oxygen atoms in total. The zero-order chi connectivity index (χ0) is 18.2. The molecule has 2 aromatic rings. The lowest BCUT2D eigenvalue weighted by molar-refractivity contribution is 0.0995. The molecule has 0 spiro atoms. The molecule has 3 heterocycles. The van der Waals surface area contributed by atoms with E-state index in [0.29, 0.717) is 0 Å². The number of likely N-dealkylation sites (tertiary alicyclic amines) is 1. The molecule has 0 aliphatic carbocycles. The summed E-state index contributed by atoms with van der Waals surface area (Å²) in [5, 5.41) is 7.87. The Hall–Kier alpha value is -2.15. The summed E-state index contributed by atoms with van der Waals surface area (Å²) in [6.07, 6.45) is 3.60. The van der Waals surface area contributed by atoms with E-state index in [0.717, 1.165) is 44.0 Å². The summed E-state index contributed by atoms with van der Waals surface area (Å²) in [4.78, 5) is 13.6. The quantitative estimate of drug-likeness (QED) is 0.919. The van der Waals surface area contributed by atoms with E-state index in [4.69, 9.17) is 10.2 Å². The van der Waals surface area contributed by atoms with Gasteiger partial charge in [-0.25, -0.2) is 4.68 Å². The summed E-state index contributed by atoms with van der Waals surface area (Å²) in [7, 11) is 0.